The number of benzene rings is 2. The maximum Gasteiger partial charge on any atom is 0.160 e. The lowest BCUT2D eigenvalue weighted by Crippen LogP contribution is -2.22. The number of allylic oxidation sites excluding steroid dienone is 2. The van der Waals surface area contributed by atoms with E-state index in [4.69, 9.17) is 9.47 Å². The SMILES string of the molecule is C=C(C)C(=O)CC(O)COc1ccc(C(C)(C)c2ccc(OCC(O)CC(=O)C(=C)C)cc2)cc1. The van der Waals surface area contributed by atoms with Crippen LogP contribution in [0, 0.1) is 0 Å². The highest BCUT2D eigenvalue weighted by Gasteiger charge is 2.23. The van der Waals surface area contributed by atoms with E-state index in [-0.39, 0.29) is 43.0 Å². The summed E-state index contributed by atoms with van der Waals surface area (Å²) < 4.78 is 11.3. The molecule has 0 saturated carbocycles. The van der Waals surface area contributed by atoms with Gasteiger partial charge >= 0.3 is 0 Å². The molecule has 6 nitrogen and oxygen atoms in total. The van der Waals surface area contributed by atoms with Gasteiger partial charge in [0.25, 0.3) is 0 Å². The van der Waals surface area contributed by atoms with Crippen molar-refractivity contribution in [1.82, 2.24) is 0 Å². The van der Waals surface area contributed by atoms with Crippen LogP contribution in [0.2, 0.25) is 0 Å². The van der Waals surface area contributed by atoms with Crippen LogP contribution in [-0.2, 0) is 15.0 Å². The molecule has 0 amide bonds. The molecule has 2 N–H and O–H groups in total. The Morgan fingerprint density at radius 2 is 1.06 bits per heavy atom. The third-order valence-corrected chi connectivity index (χ3v) is 5.83. The summed E-state index contributed by atoms with van der Waals surface area (Å²) in [6.07, 6.45) is -1.79. The first-order valence-corrected chi connectivity index (χ1v) is 11.6. The zero-order chi connectivity index (χ0) is 26.2. The quantitative estimate of drug-likeness (QED) is 0.385. The Morgan fingerprint density at radius 1 is 0.743 bits per heavy atom. The van der Waals surface area contributed by atoms with Crippen molar-refractivity contribution in [2.45, 2.75) is 58.2 Å². The van der Waals surface area contributed by atoms with E-state index in [1.54, 1.807) is 13.8 Å². The molecule has 0 aliphatic heterocycles. The number of ether oxygens (including phenoxy) is 2. The van der Waals surface area contributed by atoms with Gasteiger partial charge in [0.2, 0.25) is 0 Å². The van der Waals surface area contributed by atoms with Crippen molar-refractivity contribution in [2.24, 2.45) is 0 Å². The van der Waals surface area contributed by atoms with Gasteiger partial charge in [-0.15, -0.1) is 0 Å². The van der Waals surface area contributed by atoms with Gasteiger partial charge < -0.3 is 19.7 Å². The molecule has 0 heterocycles. The highest BCUT2D eigenvalue weighted by atomic mass is 16.5. The molecule has 0 radical (unpaired) electrons. The molecule has 2 rings (SSSR count). The number of aliphatic hydroxyl groups excluding tert-OH is 2. The van der Waals surface area contributed by atoms with Crippen molar-refractivity contribution in [1.29, 1.82) is 0 Å². The molecule has 35 heavy (non-hydrogen) atoms. The molecule has 2 unspecified atom stereocenters. The molecular weight excluding hydrogens is 444 g/mol. The Labute approximate surface area is 207 Å². The number of hydrogen-bond donors (Lipinski definition) is 2. The molecule has 0 spiro atoms. The van der Waals surface area contributed by atoms with E-state index in [1.807, 2.05) is 48.5 Å². The van der Waals surface area contributed by atoms with E-state index in [9.17, 15) is 19.8 Å². The Hall–Kier alpha value is -3.22. The van der Waals surface area contributed by atoms with Crippen molar-refractivity contribution < 1.29 is 29.3 Å². The van der Waals surface area contributed by atoms with Gasteiger partial charge in [-0.2, -0.15) is 0 Å². The second kappa shape index (κ2) is 12.5. The lowest BCUT2D eigenvalue weighted by Gasteiger charge is -2.26. The molecule has 2 aromatic carbocycles. The van der Waals surface area contributed by atoms with Gasteiger partial charge in [-0.05, 0) is 60.4 Å². The van der Waals surface area contributed by atoms with Crippen molar-refractivity contribution in [3.05, 3.63) is 84.0 Å². The third kappa shape index (κ3) is 8.50. The molecule has 0 aliphatic carbocycles. The van der Waals surface area contributed by atoms with Gasteiger partial charge in [0.1, 0.15) is 24.7 Å². The number of hydrogen-bond acceptors (Lipinski definition) is 6. The van der Waals surface area contributed by atoms with Crippen molar-refractivity contribution in [2.75, 3.05) is 13.2 Å². The smallest absolute Gasteiger partial charge is 0.160 e. The van der Waals surface area contributed by atoms with Gasteiger partial charge in [0.05, 0.1) is 12.2 Å². The predicted octanol–water partition coefficient (Wildman–Crippen LogP) is 4.56. The number of carbonyl (C=O) groups is 2. The van der Waals surface area contributed by atoms with Crippen LogP contribution in [0.4, 0.5) is 0 Å². The van der Waals surface area contributed by atoms with Crippen LogP contribution in [0.3, 0.4) is 0 Å². The number of ketones is 2. The highest BCUT2D eigenvalue weighted by Crippen LogP contribution is 2.33. The van der Waals surface area contributed by atoms with Crippen LogP contribution in [0.1, 0.15) is 51.7 Å². The summed E-state index contributed by atoms with van der Waals surface area (Å²) in [5, 5.41) is 20.0. The Morgan fingerprint density at radius 3 is 1.34 bits per heavy atom. The number of Topliss-reactive ketones (excluding diaryl/α,β-unsaturated/α-hetero) is 2. The summed E-state index contributed by atoms with van der Waals surface area (Å²) in [4.78, 5) is 23.3. The molecular formula is C29H36O6. The van der Waals surface area contributed by atoms with E-state index >= 15 is 0 Å². The van der Waals surface area contributed by atoms with E-state index in [1.165, 1.54) is 0 Å². The van der Waals surface area contributed by atoms with Gasteiger partial charge in [-0.3, -0.25) is 9.59 Å². The molecule has 0 saturated heterocycles. The molecule has 0 fully saturated rings. The lowest BCUT2D eigenvalue weighted by atomic mass is 9.78. The van der Waals surface area contributed by atoms with Crippen LogP contribution in [0.25, 0.3) is 0 Å². The fourth-order valence-corrected chi connectivity index (χ4v) is 3.38. The van der Waals surface area contributed by atoms with E-state index in [0.29, 0.717) is 22.6 Å². The molecule has 6 heteroatoms. The van der Waals surface area contributed by atoms with Crippen molar-refractivity contribution in [3.63, 3.8) is 0 Å². The number of carbonyl (C=O) groups excluding carboxylic acids is 2. The predicted molar refractivity (Wildman–Crippen MR) is 137 cm³/mol. The first-order chi connectivity index (χ1) is 16.4. The van der Waals surface area contributed by atoms with Crippen LogP contribution >= 0.6 is 0 Å². The maximum absolute atomic E-state index is 11.7. The minimum absolute atomic E-state index is 0.00820. The molecule has 2 atom stereocenters. The Kier molecular flexibility index (Phi) is 9.99. The normalized spacial score (nSPS) is 13.0. The third-order valence-electron chi connectivity index (χ3n) is 5.83. The van der Waals surface area contributed by atoms with Crippen molar-refractivity contribution >= 4 is 11.6 Å². The van der Waals surface area contributed by atoms with Crippen LogP contribution in [0.15, 0.2) is 72.8 Å². The molecule has 2 aromatic rings. The average Bonchev–Trinajstić information content (AvgIpc) is 2.81. The van der Waals surface area contributed by atoms with Gasteiger partial charge in [-0.1, -0.05) is 51.3 Å². The number of aliphatic hydroxyl groups is 2. The summed E-state index contributed by atoms with van der Waals surface area (Å²) in [5.41, 5.74) is 2.69. The second-order valence-electron chi connectivity index (χ2n) is 9.42. The van der Waals surface area contributed by atoms with E-state index < -0.39 is 12.2 Å². The Balaban J connectivity index is 1.94. The summed E-state index contributed by atoms with van der Waals surface area (Å²) in [5.74, 6) is 0.866. The average molecular weight is 481 g/mol. The summed E-state index contributed by atoms with van der Waals surface area (Å²) >= 11 is 0. The fraction of sp³-hybridized carbons (Fsp3) is 0.379. The topological polar surface area (TPSA) is 93.1 Å². The molecule has 0 aromatic heterocycles. The molecule has 0 bridgehead atoms. The van der Waals surface area contributed by atoms with E-state index in [2.05, 4.69) is 27.0 Å². The monoisotopic (exact) mass is 480 g/mol. The lowest BCUT2D eigenvalue weighted by molar-refractivity contribution is -0.118. The molecule has 188 valence electrons. The minimum Gasteiger partial charge on any atom is -0.491 e. The Bertz CT molecular complexity index is 950. The van der Waals surface area contributed by atoms with Crippen LogP contribution < -0.4 is 9.47 Å². The van der Waals surface area contributed by atoms with Crippen LogP contribution in [-0.4, -0.2) is 47.2 Å². The van der Waals surface area contributed by atoms with E-state index in [0.717, 1.165) is 11.1 Å². The standard InChI is InChI=1S/C29H36O6/c1-19(2)27(32)15-23(30)17-34-25-11-7-21(8-12-25)29(5,6)22-9-13-26(14-10-22)35-18-24(31)16-28(33)20(3)4/h7-14,23-24,30-31H,1,3,15-18H2,2,4-6H3. The first-order valence-electron chi connectivity index (χ1n) is 11.6. The second-order valence-corrected chi connectivity index (χ2v) is 9.42. The summed E-state index contributed by atoms with van der Waals surface area (Å²) in [6.45, 7) is 14.7. The number of rotatable bonds is 14. The fourth-order valence-electron chi connectivity index (χ4n) is 3.38. The zero-order valence-electron chi connectivity index (χ0n) is 21.0. The minimum atomic E-state index is -0.885. The van der Waals surface area contributed by atoms with Gasteiger partial charge in [0.15, 0.2) is 11.6 Å². The largest absolute Gasteiger partial charge is 0.491 e. The molecule has 0 aliphatic rings. The van der Waals surface area contributed by atoms with Gasteiger partial charge in [-0.25, -0.2) is 0 Å². The first kappa shape index (κ1) is 28.0. The zero-order valence-corrected chi connectivity index (χ0v) is 21.0. The summed E-state index contributed by atoms with van der Waals surface area (Å²) in [6, 6.07) is 15.3. The van der Waals surface area contributed by atoms with Gasteiger partial charge in [0, 0.05) is 18.3 Å². The van der Waals surface area contributed by atoms with Crippen molar-refractivity contribution in [3.8, 4) is 11.5 Å². The van der Waals surface area contributed by atoms with Crippen LogP contribution in [0.5, 0.6) is 11.5 Å². The highest BCUT2D eigenvalue weighted by molar-refractivity contribution is 5.94. The summed E-state index contributed by atoms with van der Waals surface area (Å²) in [7, 11) is 0. The maximum atomic E-state index is 11.7.